The van der Waals surface area contributed by atoms with Gasteiger partial charge in [0.05, 0.1) is 53.4 Å². The van der Waals surface area contributed by atoms with Gasteiger partial charge < -0.3 is 53.6 Å². The molecule has 3 rings (SSSR count). The Morgan fingerprint density at radius 2 is 1.74 bits per heavy atom. The van der Waals surface area contributed by atoms with Gasteiger partial charge in [-0.3, -0.25) is 0 Å². The van der Waals surface area contributed by atoms with Crippen LogP contribution in [0.3, 0.4) is 0 Å². The van der Waals surface area contributed by atoms with Crippen LogP contribution in [-0.4, -0.2) is 98.1 Å². The number of benzene rings is 1. The number of methoxy groups -OCH3 is 3. The Morgan fingerprint density at radius 3 is 2.29 bits per heavy atom. The second-order valence-electron chi connectivity index (χ2n) is 7.51. The van der Waals surface area contributed by atoms with Gasteiger partial charge in [0.15, 0.2) is 17.8 Å². The Morgan fingerprint density at radius 1 is 1.06 bits per heavy atom. The second-order valence-corrected chi connectivity index (χ2v) is 7.51. The average molecular weight is 446 g/mol. The third-order valence-electron chi connectivity index (χ3n) is 5.28. The van der Waals surface area contributed by atoms with Crippen LogP contribution in [0.25, 0.3) is 0 Å². The first-order valence-corrected chi connectivity index (χ1v) is 9.88. The van der Waals surface area contributed by atoms with Crippen LogP contribution in [0.1, 0.15) is 12.8 Å². The Labute approximate surface area is 180 Å². The zero-order chi connectivity index (χ0) is 22.6. The second kappa shape index (κ2) is 10.2. The molecular formula is C20H30O11. The summed E-state index contributed by atoms with van der Waals surface area (Å²) >= 11 is 0. The highest BCUT2D eigenvalue weighted by Gasteiger charge is 2.48. The van der Waals surface area contributed by atoms with Gasteiger partial charge in [0.2, 0.25) is 12.0 Å². The zero-order valence-electron chi connectivity index (χ0n) is 17.7. The van der Waals surface area contributed by atoms with Crippen molar-refractivity contribution in [2.24, 2.45) is 0 Å². The number of hydrogen-bond donors (Lipinski definition) is 4. The van der Waals surface area contributed by atoms with E-state index in [9.17, 15) is 20.4 Å². The molecule has 31 heavy (non-hydrogen) atoms. The quantitative estimate of drug-likeness (QED) is 0.386. The monoisotopic (exact) mass is 446 g/mol. The molecule has 11 heteroatoms. The number of aliphatic hydroxyl groups is 4. The molecule has 0 saturated carbocycles. The Balaban J connectivity index is 1.61. The van der Waals surface area contributed by atoms with E-state index in [1.807, 2.05) is 0 Å². The summed E-state index contributed by atoms with van der Waals surface area (Å²) in [5.74, 6) is 1.65. The van der Waals surface area contributed by atoms with E-state index < -0.39 is 43.1 Å². The minimum absolute atomic E-state index is 0.0184. The van der Waals surface area contributed by atoms with Gasteiger partial charge in [-0.15, -0.1) is 0 Å². The van der Waals surface area contributed by atoms with E-state index in [0.29, 0.717) is 29.4 Å². The number of aliphatic hydroxyl groups excluding tert-OH is 3. The molecule has 0 aromatic heterocycles. The molecule has 0 radical (unpaired) electrons. The topological polar surface area (TPSA) is 146 Å². The maximum absolute atomic E-state index is 10.2. The van der Waals surface area contributed by atoms with Crippen LogP contribution in [0.2, 0.25) is 0 Å². The van der Waals surface area contributed by atoms with Crippen molar-refractivity contribution >= 4 is 0 Å². The lowest BCUT2D eigenvalue weighted by atomic mass is 10.0. The third-order valence-corrected chi connectivity index (χ3v) is 5.28. The van der Waals surface area contributed by atoms with Crippen LogP contribution in [0, 0.1) is 0 Å². The van der Waals surface area contributed by atoms with Gasteiger partial charge in [0.1, 0.15) is 17.5 Å². The third kappa shape index (κ3) is 5.32. The van der Waals surface area contributed by atoms with Crippen molar-refractivity contribution in [1.82, 2.24) is 0 Å². The van der Waals surface area contributed by atoms with Crippen LogP contribution < -0.4 is 18.9 Å². The predicted molar refractivity (Wildman–Crippen MR) is 104 cm³/mol. The molecule has 2 heterocycles. The van der Waals surface area contributed by atoms with E-state index in [1.165, 1.54) is 21.3 Å². The summed E-state index contributed by atoms with van der Waals surface area (Å²) in [7, 11) is 4.48. The number of rotatable bonds is 9. The van der Waals surface area contributed by atoms with Gasteiger partial charge >= 0.3 is 0 Å². The molecule has 1 aromatic carbocycles. The fourth-order valence-corrected chi connectivity index (χ4v) is 3.54. The minimum atomic E-state index is -1.77. The normalized spacial score (nSPS) is 33.2. The van der Waals surface area contributed by atoms with Crippen molar-refractivity contribution in [3.63, 3.8) is 0 Å². The van der Waals surface area contributed by atoms with E-state index in [0.717, 1.165) is 0 Å². The van der Waals surface area contributed by atoms with Gasteiger partial charge in [-0.1, -0.05) is 0 Å². The molecule has 6 unspecified atom stereocenters. The average Bonchev–Trinajstić information content (AvgIpc) is 3.05. The van der Waals surface area contributed by atoms with Crippen LogP contribution in [0.4, 0.5) is 0 Å². The molecule has 0 bridgehead atoms. The lowest BCUT2D eigenvalue weighted by Gasteiger charge is -2.34. The summed E-state index contributed by atoms with van der Waals surface area (Å²) in [5.41, 5.74) is -1.77. The Hall–Kier alpha value is -1.86. The summed E-state index contributed by atoms with van der Waals surface area (Å²) in [6.45, 7) is -0.927. The first kappa shape index (κ1) is 23.8. The first-order valence-electron chi connectivity index (χ1n) is 9.88. The Bertz CT molecular complexity index is 704. The highest BCUT2D eigenvalue weighted by atomic mass is 16.7. The SMILES string of the molecule is COc1cc(OC2CC(O)CC(COC3OCC(O)(CO)C3O)O2)cc(OC)c1OC. The molecule has 176 valence electrons. The highest BCUT2D eigenvalue weighted by molar-refractivity contribution is 5.55. The molecular weight excluding hydrogens is 416 g/mol. The van der Waals surface area contributed by atoms with E-state index >= 15 is 0 Å². The van der Waals surface area contributed by atoms with E-state index in [-0.39, 0.29) is 19.6 Å². The van der Waals surface area contributed by atoms with Gasteiger partial charge in [0, 0.05) is 25.0 Å². The van der Waals surface area contributed by atoms with E-state index in [2.05, 4.69) is 0 Å². The van der Waals surface area contributed by atoms with Crippen LogP contribution in [0.15, 0.2) is 12.1 Å². The highest BCUT2D eigenvalue weighted by Crippen LogP contribution is 2.41. The minimum Gasteiger partial charge on any atom is -0.493 e. The predicted octanol–water partition coefficient (Wildman–Crippen LogP) is -0.586. The Kier molecular flexibility index (Phi) is 7.81. The van der Waals surface area contributed by atoms with E-state index in [1.54, 1.807) is 12.1 Å². The number of ether oxygens (including phenoxy) is 7. The molecule has 4 N–H and O–H groups in total. The summed E-state index contributed by atoms with van der Waals surface area (Å²) in [4.78, 5) is 0. The van der Waals surface area contributed by atoms with E-state index in [4.69, 9.17) is 33.2 Å². The molecule has 11 nitrogen and oxygen atoms in total. The lowest BCUT2D eigenvalue weighted by Crippen LogP contribution is -2.48. The van der Waals surface area contributed by atoms with Crippen molar-refractivity contribution in [3.05, 3.63) is 12.1 Å². The van der Waals surface area contributed by atoms with Gasteiger partial charge in [-0.2, -0.15) is 0 Å². The van der Waals surface area contributed by atoms with Crippen molar-refractivity contribution < 1.29 is 53.6 Å². The van der Waals surface area contributed by atoms with Gasteiger partial charge in [-0.25, -0.2) is 0 Å². The van der Waals surface area contributed by atoms with Crippen molar-refractivity contribution in [1.29, 1.82) is 0 Å². The first-order chi connectivity index (χ1) is 14.8. The molecule has 6 atom stereocenters. The summed E-state index contributed by atoms with van der Waals surface area (Å²) in [6.07, 6.45) is -4.01. The standard InChI is InChI=1S/C20H30O11/c1-25-14-6-12(7-15(26-2)17(14)27-3)30-16-5-11(22)4-13(31-16)8-28-19-18(23)20(24,9-21)10-29-19/h6-7,11,13,16,18-19,21-24H,4-5,8-10H2,1-3H3. The van der Waals surface area contributed by atoms with Gasteiger partial charge in [-0.05, 0) is 0 Å². The molecule has 2 aliphatic rings. The molecule has 1 aromatic rings. The largest absolute Gasteiger partial charge is 0.493 e. The van der Waals surface area contributed by atoms with Crippen molar-refractivity contribution in [3.8, 4) is 23.0 Å². The molecule has 2 aliphatic heterocycles. The smallest absolute Gasteiger partial charge is 0.203 e. The van der Waals surface area contributed by atoms with Crippen LogP contribution >= 0.6 is 0 Å². The fourth-order valence-electron chi connectivity index (χ4n) is 3.54. The summed E-state index contributed by atoms with van der Waals surface area (Å²) in [6, 6.07) is 3.24. The summed E-state index contributed by atoms with van der Waals surface area (Å²) < 4.78 is 38.4. The molecule has 0 aliphatic carbocycles. The van der Waals surface area contributed by atoms with Crippen molar-refractivity contribution in [2.75, 3.05) is 41.2 Å². The number of hydrogen-bond acceptors (Lipinski definition) is 11. The van der Waals surface area contributed by atoms with Crippen LogP contribution in [0.5, 0.6) is 23.0 Å². The molecule has 2 saturated heterocycles. The fraction of sp³-hybridized carbons (Fsp3) is 0.700. The van der Waals surface area contributed by atoms with Crippen molar-refractivity contribution in [2.45, 2.75) is 49.3 Å². The molecule has 0 amide bonds. The van der Waals surface area contributed by atoms with Crippen LogP contribution in [-0.2, 0) is 14.2 Å². The molecule has 0 spiro atoms. The molecule has 2 fully saturated rings. The van der Waals surface area contributed by atoms with Gasteiger partial charge in [0.25, 0.3) is 0 Å². The maximum atomic E-state index is 10.2. The maximum Gasteiger partial charge on any atom is 0.203 e. The zero-order valence-corrected chi connectivity index (χ0v) is 17.7. The summed E-state index contributed by atoms with van der Waals surface area (Å²) in [5, 5.41) is 39.5. The lowest BCUT2D eigenvalue weighted by molar-refractivity contribution is -0.221.